The Morgan fingerprint density at radius 3 is 2.92 bits per heavy atom. The van der Waals surface area contributed by atoms with E-state index in [2.05, 4.69) is 33.1 Å². The van der Waals surface area contributed by atoms with Crippen molar-refractivity contribution in [3.63, 3.8) is 0 Å². The van der Waals surface area contributed by atoms with Crippen molar-refractivity contribution in [1.82, 2.24) is 9.55 Å². The van der Waals surface area contributed by atoms with Crippen LogP contribution in [0.1, 0.15) is 32.2 Å². The van der Waals surface area contributed by atoms with Crippen molar-refractivity contribution in [3.05, 3.63) is 69.3 Å². The van der Waals surface area contributed by atoms with Gasteiger partial charge in [0.2, 0.25) is 0 Å². The Labute approximate surface area is 161 Å². The predicted molar refractivity (Wildman–Crippen MR) is 106 cm³/mol. The molecule has 26 heavy (non-hydrogen) atoms. The summed E-state index contributed by atoms with van der Waals surface area (Å²) in [4.78, 5) is 18.2. The Hall–Kier alpha value is -2.36. The van der Waals surface area contributed by atoms with Crippen LogP contribution in [0.15, 0.2) is 46.9 Å². The third kappa shape index (κ3) is 4.24. The number of pyridine rings is 1. The molecule has 0 bridgehead atoms. The number of thiophene rings is 1. The van der Waals surface area contributed by atoms with Gasteiger partial charge in [-0.1, -0.05) is 17.8 Å². The normalized spacial score (nSPS) is 10.7. The Balaban J connectivity index is 1.67. The summed E-state index contributed by atoms with van der Waals surface area (Å²) in [6.45, 7) is 4.93. The monoisotopic (exact) mass is 381 g/mol. The number of hydrogen-bond acceptors (Lipinski definition) is 5. The van der Waals surface area contributed by atoms with Gasteiger partial charge in [-0.25, -0.2) is 4.98 Å². The van der Waals surface area contributed by atoms with Gasteiger partial charge >= 0.3 is 0 Å². The van der Waals surface area contributed by atoms with Crippen molar-refractivity contribution >= 4 is 28.9 Å². The first-order chi connectivity index (χ1) is 12.6. The van der Waals surface area contributed by atoms with E-state index in [1.165, 1.54) is 16.6 Å². The molecular weight excluding hydrogens is 362 g/mol. The number of hydrogen-bond donors (Lipinski definition) is 0. The first kappa shape index (κ1) is 18.4. The third-order valence-corrected chi connectivity index (χ3v) is 6.11. The van der Waals surface area contributed by atoms with E-state index in [9.17, 15) is 4.79 Å². The van der Waals surface area contributed by atoms with E-state index in [-0.39, 0.29) is 5.78 Å². The van der Waals surface area contributed by atoms with E-state index < -0.39 is 0 Å². The average molecular weight is 382 g/mol. The van der Waals surface area contributed by atoms with Crippen LogP contribution in [0.2, 0.25) is 0 Å². The predicted octanol–water partition coefficient (Wildman–Crippen LogP) is 4.65. The molecular formula is C20H19N3OS2. The lowest BCUT2D eigenvalue weighted by atomic mass is 10.2. The zero-order valence-corrected chi connectivity index (χ0v) is 16.4. The largest absolute Gasteiger partial charge is 0.348 e. The highest BCUT2D eigenvalue weighted by Crippen LogP contribution is 2.22. The second-order valence-electron chi connectivity index (χ2n) is 5.97. The van der Waals surface area contributed by atoms with E-state index >= 15 is 0 Å². The molecule has 0 aliphatic rings. The molecule has 0 spiro atoms. The topological polar surface area (TPSA) is 58.7 Å². The van der Waals surface area contributed by atoms with E-state index in [0.29, 0.717) is 16.3 Å². The minimum atomic E-state index is 0.0923. The molecule has 0 fully saturated rings. The van der Waals surface area contributed by atoms with Crippen molar-refractivity contribution in [3.8, 4) is 6.07 Å². The highest BCUT2D eigenvalue weighted by atomic mass is 32.2. The number of aryl methyl sites for hydroxylation is 2. The first-order valence-electron chi connectivity index (χ1n) is 8.29. The van der Waals surface area contributed by atoms with Crippen molar-refractivity contribution in [2.75, 3.05) is 5.75 Å². The maximum atomic E-state index is 12.7. The summed E-state index contributed by atoms with van der Waals surface area (Å²) in [5.74, 6) is 0.409. The fourth-order valence-corrected chi connectivity index (χ4v) is 4.36. The number of Topliss-reactive ketones (excluding diaryl/α,β-unsaturated/α-hetero) is 1. The molecule has 0 aromatic carbocycles. The maximum Gasteiger partial charge on any atom is 0.174 e. The van der Waals surface area contributed by atoms with Crippen molar-refractivity contribution in [2.24, 2.45) is 0 Å². The van der Waals surface area contributed by atoms with Crippen molar-refractivity contribution in [2.45, 2.75) is 31.8 Å². The molecule has 0 amide bonds. The van der Waals surface area contributed by atoms with Gasteiger partial charge in [-0.15, -0.1) is 11.3 Å². The fourth-order valence-electron chi connectivity index (χ4n) is 2.88. The Bertz CT molecular complexity index is 952. The highest BCUT2D eigenvalue weighted by molar-refractivity contribution is 7.99. The van der Waals surface area contributed by atoms with Crippen LogP contribution in [0.25, 0.3) is 0 Å². The molecule has 3 aromatic heterocycles. The minimum Gasteiger partial charge on any atom is -0.348 e. The molecule has 0 aliphatic carbocycles. The van der Waals surface area contributed by atoms with Gasteiger partial charge in [0, 0.05) is 34.6 Å². The summed E-state index contributed by atoms with van der Waals surface area (Å²) >= 11 is 3.13. The van der Waals surface area contributed by atoms with Crippen molar-refractivity contribution < 1.29 is 4.79 Å². The van der Waals surface area contributed by atoms with Crippen LogP contribution in [-0.2, 0) is 13.0 Å². The zero-order chi connectivity index (χ0) is 18.5. The van der Waals surface area contributed by atoms with Crippen LogP contribution in [-0.4, -0.2) is 21.1 Å². The Morgan fingerprint density at radius 2 is 2.19 bits per heavy atom. The van der Waals surface area contributed by atoms with Crippen molar-refractivity contribution in [1.29, 1.82) is 5.26 Å². The number of nitrogens with zero attached hydrogens (tertiary/aromatic N) is 3. The molecule has 0 radical (unpaired) electrons. The number of carbonyl (C=O) groups excluding carboxylic acids is 1. The number of thioether (sulfide) groups is 1. The summed E-state index contributed by atoms with van der Waals surface area (Å²) in [7, 11) is 0. The van der Waals surface area contributed by atoms with Gasteiger partial charge in [0.05, 0.1) is 22.4 Å². The average Bonchev–Trinajstić information content (AvgIpc) is 3.26. The number of ketones is 1. The zero-order valence-electron chi connectivity index (χ0n) is 14.7. The molecule has 0 saturated heterocycles. The maximum absolute atomic E-state index is 12.7. The van der Waals surface area contributed by atoms with Gasteiger partial charge in [-0.3, -0.25) is 4.79 Å². The summed E-state index contributed by atoms with van der Waals surface area (Å²) < 4.78 is 2.21. The van der Waals surface area contributed by atoms with Crippen LogP contribution in [0, 0.1) is 25.2 Å². The SMILES string of the molecule is Cc1cc(C(=O)CSc2cc(C#N)ccn2)c(C)n1CCc1cccs1. The summed E-state index contributed by atoms with van der Waals surface area (Å²) in [6, 6.07) is 11.6. The van der Waals surface area contributed by atoms with Gasteiger partial charge in [0.1, 0.15) is 0 Å². The van der Waals surface area contributed by atoms with Crippen LogP contribution < -0.4 is 0 Å². The van der Waals surface area contributed by atoms with Crippen LogP contribution in [0.4, 0.5) is 0 Å². The lowest BCUT2D eigenvalue weighted by Gasteiger charge is -2.09. The Morgan fingerprint density at radius 1 is 1.35 bits per heavy atom. The van der Waals surface area contributed by atoms with E-state index in [1.807, 2.05) is 19.9 Å². The quantitative estimate of drug-likeness (QED) is 0.441. The molecule has 0 unspecified atom stereocenters. The van der Waals surface area contributed by atoms with Crippen LogP contribution >= 0.6 is 23.1 Å². The summed E-state index contributed by atoms with van der Waals surface area (Å²) in [6.07, 6.45) is 2.57. The lowest BCUT2D eigenvalue weighted by molar-refractivity contribution is 0.102. The van der Waals surface area contributed by atoms with Crippen LogP contribution in [0.5, 0.6) is 0 Å². The molecule has 3 aromatic rings. The molecule has 0 aliphatic heterocycles. The standard InChI is InChI=1S/C20H19N3OS2/c1-14-10-18(15(2)23(14)8-6-17-4-3-9-25-17)19(24)13-26-20-11-16(12-21)5-7-22-20/h3-5,7,9-11H,6,8,13H2,1-2H3. The molecule has 0 N–H and O–H groups in total. The van der Waals surface area contributed by atoms with Crippen LogP contribution in [0.3, 0.4) is 0 Å². The van der Waals surface area contributed by atoms with E-state index in [0.717, 1.165) is 29.9 Å². The van der Waals surface area contributed by atoms with Gasteiger partial charge in [-0.05, 0) is 49.9 Å². The summed E-state index contributed by atoms with van der Waals surface area (Å²) in [5.41, 5.74) is 3.46. The van der Waals surface area contributed by atoms with Gasteiger partial charge in [0.25, 0.3) is 0 Å². The molecule has 3 heterocycles. The van der Waals surface area contributed by atoms with Gasteiger partial charge in [0.15, 0.2) is 5.78 Å². The first-order valence-corrected chi connectivity index (χ1v) is 10.2. The minimum absolute atomic E-state index is 0.0923. The highest BCUT2D eigenvalue weighted by Gasteiger charge is 2.16. The number of carbonyl (C=O) groups is 1. The second kappa shape index (κ2) is 8.35. The third-order valence-electron chi connectivity index (χ3n) is 4.25. The fraction of sp³-hybridized carbons (Fsp3) is 0.250. The Kier molecular flexibility index (Phi) is 5.92. The molecule has 132 valence electrons. The molecule has 0 saturated carbocycles. The summed E-state index contributed by atoms with van der Waals surface area (Å²) in [5, 5.41) is 11.7. The lowest BCUT2D eigenvalue weighted by Crippen LogP contribution is -2.08. The van der Waals surface area contributed by atoms with E-state index in [1.54, 1.807) is 29.7 Å². The van der Waals surface area contributed by atoms with Gasteiger partial charge in [-0.2, -0.15) is 5.26 Å². The number of aromatic nitrogens is 2. The molecule has 4 nitrogen and oxygen atoms in total. The number of nitriles is 1. The molecule has 3 rings (SSSR count). The van der Waals surface area contributed by atoms with Gasteiger partial charge < -0.3 is 4.57 Å². The molecule has 6 heteroatoms. The second-order valence-corrected chi connectivity index (χ2v) is 8.00. The van der Waals surface area contributed by atoms with E-state index in [4.69, 9.17) is 5.26 Å². The molecule has 0 atom stereocenters. The number of rotatable bonds is 7. The smallest absolute Gasteiger partial charge is 0.174 e.